The maximum atomic E-state index is 12.2. The third kappa shape index (κ3) is 2.80. The van der Waals surface area contributed by atoms with Crippen molar-refractivity contribution in [3.05, 3.63) is 45.6 Å². The summed E-state index contributed by atoms with van der Waals surface area (Å²) in [5, 5.41) is 13.2. The van der Waals surface area contributed by atoms with Crippen LogP contribution in [-0.4, -0.2) is 24.1 Å². The van der Waals surface area contributed by atoms with Crippen molar-refractivity contribution in [3.63, 3.8) is 0 Å². The van der Waals surface area contributed by atoms with E-state index >= 15 is 0 Å². The summed E-state index contributed by atoms with van der Waals surface area (Å²) in [5.74, 6) is -1.02. The van der Waals surface area contributed by atoms with E-state index in [1.807, 2.05) is 13.0 Å². The molecule has 0 aliphatic rings. The van der Waals surface area contributed by atoms with Crippen LogP contribution in [0.15, 0.2) is 29.6 Å². The van der Waals surface area contributed by atoms with E-state index in [-0.39, 0.29) is 10.6 Å². The molecule has 2 rings (SSSR count). The maximum Gasteiger partial charge on any atom is 0.348 e. The largest absolute Gasteiger partial charge is 0.496 e. The Labute approximate surface area is 119 Å². The van der Waals surface area contributed by atoms with Gasteiger partial charge in [-0.3, -0.25) is 4.79 Å². The van der Waals surface area contributed by atoms with E-state index in [2.05, 4.69) is 5.32 Å². The van der Waals surface area contributed by atoms with Crippen molar-refractivity contribution in [2.24, 2.45) is 0 Å². The van der Waals surface area contributed by atoms with Crippen molar-refractivity contribution in [1.82, 2.24) is 0 Å². The van der Waals surface area contributed by atoms with Gasteiger partial charge in [-0.25, -0.2) is 4.79 Å². The highest BCUT2D eigenvalue weighted by atomic mass is 32.1. The van der Waals surface area contributed by atoms with Gasteiger partial charge in [0, 0.05) is 0 Å². The second-order valence-electron chi connectivity index (χ2n) is 4.13. The van der Waals surface area contributed by atoms with Gasteiger partial charge in [0.25, 0.3) is 5.91 Å². The fraction of sp³-hybridized carbons (Fsp3) is 0.143. The number of benzene rings is 1. The number of carboxylic acids is 1. The van der Waals surface area contributed by atoms with Crippen molar-refractivity contribution in [3.8, 4) is 5.75 Å². The molecular weight excluding hydrogens is 278 g/mol. The van der Waals surface area contributed by atoms with Crippen LogP contribution in [0, 0.1) is 6.92 Å². The number of carbonyl (C=O) groups excluding carboxylic acids is 1. The number of thiophene rings is 1. The van der Waals surface area contributed by atoms with Gasteiger partial charge in [-0.05, 0) is 30.5 Å². The predicted octanol–water partition coefficient (Wildman–Crippen LogP) is 3.02. The Kier molecular flexibility index (Phi) is 4.05. The van der Waals surface area contributed by atoms with E-state index < -0.39 is 11.9 Å². The molecule has 0 fully saturated rings. The minimum atomic E-state index is -1.06. The molecule has 1 amide bonds. The Morgan fingerprint density at radius 2 is 2.05 bits per heavy atom. The summed E-state index contributed by atoms with van der Waals surface area (Å²) in [6.45, 7) is 1.86. The van der Waals surface area contributed by atoms with Crippen LogP contribution in [0.25, 0.3) is 0 Å². The molecule has 1 aromatic heterocycles. The fourth-order valence-corrected chi connectivity index (χ4v) is 2.45. The summed E-state index contributed by atoms with van der Waals surface area (Å²) in [5.41, 5.74) is 1.57. The number of ether oxygens (including phenoxy) is 1. The molecule has 2 N–H and O–H groups in total. The van der Waals surface area contributed by atoms with Gasteiger partial charge in [-0.1, -0.05) is 11.6 Å². The Morgan fingerprint density at radius 1 is 1.30 bits per heavy atom. The summed E-state index contributed by atoms with van der Waals surface area (Å²) < 4.78 is 5.14. The molecule has 0 spiro atoms. The molecule has 0 aliphatic heterocycles. The number of nitrogens with one attached hydrogen (secondary N) is 1. The minimum absolute atomic E-state index is 0.102. The van der Waals surface area contributed by atoms with Gasteiger partial charge in [0.15, 0.2) is 0 Å². The lowest BCUT2D eigenvalue weighted by molar-refractivity contribution is 0.0703. The standard InChI is InChI=1S/C14H13NO4S/c1-8-3-4-11(19-2)9(7-8)13(16)15-10-5-6-20-12(10)14(17)18/h3-7H,1-2H3,(H,15,16)(H,17,18). The molecule has 0 bridgehead atoms. The average molecular weight is 291 g/mol. The normalized spacial score (nSPS) is 10.1. The molecule has 6 heteroatoms. The molecule has 0 saturated heterocycles. The molecule has 0 aliphatic carbocycles. The van der Waals surface area contributed by atoms with Gasteiger partial charge in [-0.2, -0.15) is 0 Å². The number of carbonyl (C=O) groups is 2. The van der Waals surface area contributed by atoms with Gasteiger partial charge < -0.3 is 15.2 Å². The van der Waals surface area contributed by atoms with Crippen LogP contribution < -0.4 is 10.1 Å². The first-order chi connectivity index (χ1) is 9.52. The fourth-order valence-electron chi connectivity index (χ4n) is 1.76. The van der Waals surface area contributed by atoms with Crippen molar-refractivity contribution >= 4 is 28.9 Å². The number of rotatable bonds is 4. The maximum absolute atomic E-state index is 12.2. The van der Waals surface area contributed by atoms with Crippen LogP contribution in [-0.2, 0) is 0 Å². The second-order valence-corrected chi connectivity index (χ2v) is 5.04. The van der Waals surface area contributed by atoms with E-state index in [0.29, 0.717) is 11.3 Å². The Hall–Kier alpha value is -2.34. The minimum Gasteiger partial charge on any atom is -0.496 e. The summed E-state index contributed by atoms with van der Waals surface area (Å²) in [6, 6.07) is 6.80. The summed E-state index contributed by atoms with van der Waals surface area (Å²) >= 11 is 1.06. The summed E-state index contributed by atoms with van der Waals surface area (Å²) in [4.78, 5) is 23.4. The molecule has 2 aromatic rings. The Balaban J connectivity index is 2.30. The van der Waals surface area contributed by atoms with Crippen molar-refractivity contribution in [2.75, 3.05) is 12.4 Å². The first-order valence-corrected chi connectivity index (χ1v) is 6.67. The lowest BCUT2D eigenvalue weighted by atomic mass is 10.1. The SMILES string of the molecule is COc1ccc(C)cc1C(=O)Nc1ccsc1C(=O)O. The smallest absolute Gasteiger partial charge is 0.348 e. The number of aromatic carboxylic acids is 1. The molecule has 5 nitrogen and oxygen atoms in total. The highest BCUT2D eigenvalue weighted by molar-refractivity contribution is 7.12. The highest BCUT2D eigenvalue weighted by Gasteiger charge is 2.17. The quantitative estimate of drug-likeness (QED) is 0.908. The van der Waals surface area contributed by atoms with Crippen LogP contribution in [0.5, 0.6) is 5.75 Å². The zero-order chi connectivity index (χ0) is 14.7. The van der Waals surface area contributed by atoms with E-state index in [0.717, 1.165) is 16.9 Å². The van der Waals surface area contributed by atoms with Crippen LogP contribution in [0.2, 0.25) is 0 Å². The predicted molar refractivity (Wildman–Crippen MR) is 77.0 cm³/mol. The van der Waals surface area contributed by atoms with Crippen LogP contribution in [0.4, 0.5) is 5.69 Å². The van der Waals surface area contributed by atoms with Crippen molar-refractivity contribution in [2.45, 2.75) is 6.92 Å². The lowest BCUT2D eigenvalue weighted by Gasteiger charge is -2.10. The number of anilines is 1. The topological polar surface area (TPSA) is 75.6 Å². The van der Waals surface area contributed by atoms with Crippen molar-refractivity contribution in [1.29, 1.82) is 0 Å². The van der Waals surface area contributed by atoms with Gasteiger partial charge in [-0.15, -0.1) is 11.3 Å². The van der Waals surface area contributed by atoms with Crippen LogP contribution in [0.3, 0.4) is 0 Å². The molecule has 0 unspecified atom stereocenters. The first-order valence-electron chi connectivity index (χ1n) is 5.79. The average Bonchev–Trinajstić information content (AvgIpc) is 2.87. The van der Waals surface area contributed by atoms with Crippen LogP contribution >= 0.6 is 11.3 Å². The molecule has 0 saturated carbocycles. The van der Waals surface area contributed by atoms with Crippen molar-refractivity contribution < 1.29 is 19.4 Å². The molecule has 20 heavy (non-hydrogen) atoms. The highest BCUT2D eigenvalue weighted by Crippen LogP contribution is 2.25. The molecule has 1 heterocycles. The third-order valence-corrected chi connectivity index (χ3v) is 3.61. The van der Waals surface area contributed by atoms with E-state index in [9.17, 15) is 9.59 Å². The first kappa shape index (κ1) is 14.1. The summed E-state index contributed by atoms with van der Waals surface area (Å²) in [7, 11) is 1.48. The number of methoxy groups -OCH3 is 1. The number of amides is 1. The number of hydrogen-bond donors (Lipinski definition) is 2. The monoisotopic (exact) mass is 291 g/mol. The van der Waals surface area contributed by atoms with E-state index in [1.165, 1.54) is 7.11 Å². The number of carboxylic acid groups (broad SMARTS) is 1. The van der Waals surface area contributed by atoms with Crippen LogP contribution in [0.1, 0.15) is 25.6 Å². The Bertz CT molecular complexity index is 663. The van der Waals surface area contributed by atoms with Gasteiger partial charge in [0.1, 0.15) is 10.6 Å². The molecule has 0 atom stereocenters. The van der Waals surface area contributed by atoms with Gasteiger partial charge in [0.2, 0.25) is 0 Å². The number of aryl methyl sites for hydroxylation is 1. The molecule has 0 radical (unpaired) electrons. The van der Waals surface area contributed by atoms with E-state index in [1.54, 1.807) is 23.6 Å². The van der Waals surface area contributed by atoms with Gasteiger partial charge in [0.05, 0.1) is 18.4 Å². The molecular formula is C14H13NO4S. The lowest BCUT2D eigenvalue weighted by Crippen LogP contribution is -2.14. The summed E-state index contributed by atoms with van der Waals surface area (Å²) in [6.07, 6.45) is 0. The van der Waals surface area contributed by atoms with Gasteiger partial charge >= 0.3 is 5.97 Å². The third-order valence-electron chi connectivity index (χ3n) is 2.71. The molecule has 1 aromatic carbocycles. The zero-order valence-electron chi connectivity index (χ0n) is 11.0. The van der Waals surface area contributed by atoms with E-state index in [4.69, 9.17) is 9.84 Å². The zero-order valence-corrected chi connectivity index (χ0v) is 11.8. The Morgan fingerprint density at radius 3 is 2.70 bits per heavy atom. The number of hydrogen-bond acceptors (Lipinski definition) is 4. The second kappa shape index (κ2) is 5.75. The molecule has 104 valence electrons.